The molecule has 1 aliphatic carbocycles. The summed E-state index contributed by atoms with van der Waals surface area (Å²) in [5.74, 6) is 0.697. The van der Waals surface area contributed by atoms with Crippen LogP contribution in [0.15, 0.2) is 18.2 Å². The summed E-state index contributed by atoms with van der Waals surface area (Å²) in [7, 11) is 0. The summed E-state index contributed by atoms with van der Waals surface area (Å²) in [4.78, 5) is 12.0. The molecular formula is C16H21Cl2NO. The Bertz CT molecular complexity index is 476. The molecule has 1 amide bonds. The highest BCUT2D eigenvalue weighted by atomic mass is 35.5. The second-order valence-corrected chi connectivity index (χ2v) is 6.43. The first-order valence-electron chi connectivity index (χ1n) is 7.30. The Morgan fingerprint density at radius 1 is 1.30 bits per heavy atom. The van der Waals surface area contributed by atoms with Gasteiger partial charge in [-0.3, -0.25) is 4.79 Å². The minimum Gasteiger partial charge on any atom is -0.353 e. The van der Waals surface area contributed by atoms with Gasteiger partial charge in [-0.15, -0.1) is 0 Å². The molecule has 1 fully saturated rings. The Morgan fingerprint density at radius 3 is 2.80 bits per heavy atom. The fourth-order valence-corrected chi connectivity index (χ4v) is 3.21. The van der Waals surface area contributed by atoms with Crippen LogP contribution in [-0.2, 0) is 11.2 Å². The van der Waals surface area contributed by atoms with Crippen LogP contribution in [0.5, 0.6) is 0 Å². The van der Waals surface area contributed by atoms with Crippen molar-refractivity contribution in [3.8, 4) is 0 Å². The van der Waals surface area contributed by atoms with E-state index in [-0.39, 0.29) is 5.91 Å². The van der Waals surface area contributed by atoms with E-state index in [1.54, 1.807) is 6.07 Å². The zero-order chi connectivity index (χ0) is 14.5. The molecule has 110 valence electrons. The minimum atomic E-state index is 0.111. The monoisotopic (exact) mass is 313 g/mol. The van der Waals surface area contributed by atoms with Crippen LogP contribution >= 0.6 is 23.2 Å². The molecule has 0 aromatic heterocycles. The zero-order valence-corrected chi connectivity index (χ0v) is 13.3. The molecule has 1 aromatic carbocycles. The maximum Gasteiger partial charge on any atom is 0.220 e. The van der Waals surface area contributed by atoms with Crippen molar-refractivity contribution >= 4 is 29.1 Å². The lowest BCUT2D eigenvalue weighted by molar-refractivity contribution is -0.122. The van der Waals surface area contributed by atoms with Crippen LogP contribution in [0.4, 0.5) is 0 Å². The minimum absolute atomic E-state index is 0.111. The highest BCUT2D eigenvalue weighted by molar-refractivity contribution is 6.42. The first kappa shape index (κ1) is 15.7. The highest BCUT2D eigenvalue weighted by Crippen LogP contribution is 2.27. The first-order chi connectivity index (χ1) is 9.58. The maximum atomic E-state index is 12.0. The maximum absolute atomic E-state index is 12.0. The molecule has 0 bridgehead atoms. The molecule has 0 aliphatic heterocycles. The number of hydrogen-bond donors (Lipinski definition) is 1. The third-order valence-electron chi connectivity index (χ3n) is 4.11. The third kappa shape index (κ3) is 4.13. The largest absolute Gasteiger partial charge is 0.353 e. The highest BCUT2D eigenvalue weighted by Gasteiger charge is 2.22. The van der Waals surface area contributed by atoms with Crippen molar-refractivity contribution in [2.24, 2.45) is 5.92 Å². The Morgan fingerprint density at radius 2 is 2.05 bits per heavy atom. The normalized spacial score (nSPS) is 22.6. The molecule has 0 heterocycles. The number of rotatable bonds is 4. The van der Waals surface area contributed by atoms with Gasteiger partial charge in [0.2, 0.25) is 5.91 Å². The lowest BCUT2D eigenvalue weighted by Crippen LogP contribution is -2.41. The fourth-order valence-electron chi connectivity index (χ4n) is 2.80. The molecule has 1 saturated carbocycles. The second kappa shape index (κ2) is 7.33. The number of aryl methyl sites for hydroxylation is 1. The van der Waals surface area contributed by atoms with Gasteiger partial charge in [-0.1, -0.05) is 55.1 Å². The van der Waals surface area contributed by atoms with Gasteiger partial charge >= 0.3 is 0 Å². The number of nitrogens with one attached hydrogen (secondary N) is 1. The lowest BCUT2D eigenvalue weighted by atomic mass is 9.86. The van der Waals surface area contributed by atoms with Gasteiger partial charge in [0.25, 0.3) is 0 Å². The summed E-state index contributed by atoms with van der Waals surface area (Å²) in [5.41, 5.74) is 0.936. The summed E-state index contributed by atoms with van der Waals surface area (Å²) < 4.78 is 0. The van der Waals surface area contributed by atoms with Crippen LogP contribution < -0.4 is 5.32 Å². The predicted molar refractivity (Wildman–Crippen MR) is 84.3 cm³/mol. The van der Waals surface area contributed by atoms with Crippen molar-refractivity contribution in [2.45, 2.75) is 51.5 Å². The molecule has 1 aromatic rings. The molecule has 0 saturated heterocycles. The van der Waals surface area contributed by atoms with Gasteiger partial charge in [0.1, 0.15) is 0 Å². The predicted octanol–water partition coefficient (Wildman–Crippen LogP) is 4.62. The first-order valence-corrected chi connectivity index (χ1v) is 8.05. The SMILES string of the molecule is CC1CCCCC1NC(=O)CCc1cccc(Cl)c1Cl. The summed E-state index contributed by atoms with van der Waals surface area (Å²) in [6.45, 7) is 2.22. The standard InChI is InChI=1S/C16H21Cl2NO/c1-11-5-2-3-8-14(11)19-15(20)10-9-12-6-4-7-13(17)16(12)18/h4,6-7,11,14H,2-3,5,8-10H2,1H3,(H,19,20). The molecule has 0 spiro atoms. The van der Waals surface area contributed by atoms with E-state index in [9.17, 15) is 4.79 Å². The van der Waals surface area contributed by atoms with Crippen molar-refractivity contribution in [2.75, 3.05) is 0 Å². The van der Waals surface area contributed by atoms with Crippen LogP contribution in [0, 0.1) is 5.92 Å². The fraction of sp³-hybridized carbons (Fsp3) is 0.562. The second-order valence-electron chi connectivity index (χ2n) is 5.65. The van der Waals surface area contributed by atoms with E-state index < -0.39 is 0 Å². The zero-order valence-electron chi connectivity index (χ0n) is 11.8. The molecule has 1 N–H and O–H groups in total. The molecule has 1 aliphatic rings. The Hall–Kier alpha value is -0.730. The summed E-state index contributed by atoms with van der Waals surface area (Å²) in [6.07, 6.45) is 5.91. The van der Waals surface area contributed by atoms with E-state index >= 15 is 0 Å². The quantitative estimate of drug-likeness (QED) is 0.863. The molecule has 0 radical (unpaired) electrons. The van der Waals surface area contributed by atoms with Crippen LogP contribution in [0.25, 0.3) is 0 Å². The van der Waals surface area contributed by atoms with Gasteiger partial charge in [-0.2, -0.15) is 0 Å². The number of carbonyl (C=O) groups is 1. The Labute approximate surface area is 130 Å². The van der Waals surface area contributed by atoms with Crippen LogP contribution in [0.1, 0.15) is 44.6 Å². The van der Waals surface area contributed by atoms with Gasteiger partial charge in [0, 0.05) is 12.5 Å². The van der Waals surface area contributed by atoms with Gasteiger partial charge in [0.15, 0.2) is 0 Å². The third-order valence-corrected chi connectivity index (χ3v) is 4.97. The Kier molecular flexibility index (Phi) is 5.74. The lowest BCUT2D eigenvalue weighted by Gasteiger charge is -2.29. The summed E-state index contributed by atoms with van der Waals surface area (Å²) >= 11 is 12.1. The van der Waals surface area contributed by atoms with E-state index in [1.807, 2.05) is 12.1 Å². The van der Waals surface area contributed by atoms with Gasteiger partial charge < -0.3 is 5.32 Å². The molecule has 20 heavy (non-hydrogen) atoms. The topological polar surface area (TPSA) is 29.1 Å². The number of halogens is 2. The number of carbonyl (C=O) groups excluding carboxylic acids is 1. The van der Waals surface area contributed by atoms with Crippen LogP contribution in [0.2, 0.25) is 10.0 Å². The van der Waals surface area contributed by atoms with E-state index in [0.717, 1.165) is 12.0 Å². The van der Waals surface area contributed by atoms with E-state index in [1.165, 1.54) is 19.3 Å². The van der Waals surface area contributed by atoms with Crippen LogP contribution in [-0.4, -0.2) is 11.9 Å². The van der Waals surface area contributed by atoms with Crippen molar-refractivity contribution in [3.05, 3.63) is 33.8 Å². The average Bonchev–Trinajstić information content (AvgIpc) is 2.43. The van der Waals surface area contributed by atoms with Crippen molar-refractivity contribution in [1.29, 1.82) is 0 Å². The summed E-state index contributed by atoms with van der Waals surface area (Å²) in [5, 5.41) is 4.27. The smallest absolute Gasteiger partial charge is 0.220 e. The molecule has 4 heteroatoms. The molecular weight excluding hydrogens is 293 g/mol. The average molecular weight is 314 g/mol. The van der Waals surface area contributed by atoms with Gasteiger partial charge in [0.05, 0.1) is 10.0 Å². The van der Waals surface area contributed by atoms with Crippen molar-refractivity contribution in [3.63, 3.8) is 0 Å². The molecule has 2 unspecified atom stereocenters. The van der Waals surface area contributed by atoms with Gasteiger partial charge in [-0.05, 0) is 36.8 Å². The number of hydrogen-bond acceptors (Lipinski definition) is 1. The summed E-state index contributed by atoms with van der Waals surface area (Å²) in [6, 6.07) is 5.89. The van der Waals surface area contributed by atoms with Crippen molar-refractivity contribution in [1.82, 2.24) is 5.32 Å². The van der Waals surface area contributed by atoms with Crippen molar-refractivity contribution < 1.29 is 4.79 Å². The number of amides is 1. The van der Waals surface area contributed by atoms with Crippen LogP contribution in [0.3, 0.4) is 0 Å². The molecule has 2 atom stereocenters. The molecule has 2 nitrogen and oxygen atoms in total. The van der Waals surface area contributed by atoms with E-state index in [0.29, 0.717) is 34.8 Å². The Balaban J connectivity index is 1.84. The van der Waals surface area contributed by atoms with E-state index in [4.69, 9.17) is 23.2 Å². The van der Waals surface area contributed by atoms with Gasteiger partial charge in [-0.25, -0.2) is 0 Å². The molecule has 2 rings (SSSR count). The number of benzene rings is 1. The van der Waals surface area contributed by atoms with E-state index in [2.05, 4.69) is 12.2 Å².